The van der Waals surface area contributed by atoms with Crippen LogP contribution in [0.2, 0.25) is 5.02 Å². The highest BCUT2D eigenvalue weighted by Crippen LogP contribution is 2.21. The van der Waals surface area contributed by atoms with Crippen molar-refractivity contribution in [2.24, 2.45) is 0 Å². The van der Waals surface area contributed by atoms with Gasteiger partial charge in [0.15, 0.2) is 5.82 Å². The van der Waals surface area contributed by atoms with Crippen molar-refractivity contribution in [1.82, 2.24) is 15.5 Å². The number of aryl methyl sites for hydroxylation is 1. The highest BCUT2D eigenvalue weighted by Gasteiger charge is 2.17. The minimum absolute atomic E-state index is 0.139. The molecule has 0 aliphatic rings. The lowest BCUT2D eigenvalue weighted by Crippen LogP contribution is -2.27. The Morgan fingerprint density at radius 3 is 2.58 bits per heavy atom. The topological polar surface area (TPSA) is 68.0 Å². The van der Waals surface area contributed by atoms with E-state index in [9.17, 15) is 9.18 Å². The second-order valence-electron chi connectivity index (χ2n) is 5.88. The van der Waals surface area contributed by atoms with E-state index in [2.05, 4.69) is 15.5 Å². The molecule has 0 unspecified atom stereocenters. The van der Waals surface area contributed by atoms with Crippen LogP contribution in [0.1, 0.15) is 30.8 Å². The molecule has 0 saturated heterocycles. The first kappa shape index (κ1) is 18.1. The predicted octanol–water partition coefficient (Wildman–Crippen LogP) is 4.34. The third-order valence-electron chi connectivity index (χ3n) is 3.85. The number of benzene rings is 2. The van der Waals surface area contributed by atoms with E-state index < -0.39 is 0 Å². The van der Waals surface area contributed by atoms with Gasteiger partial charge in [-0.25, -0.2) is 4.39 Å². The summed E-state index contributed by atoms with van der Waals surface area (Å²) in [5.41, 5.74) is 1.65. The Morgan fingerprint density at radius 2 is 1.88 bits per heavy atom. The van der Waals surface area contributed by atoms with Crippen molar-refractivity contribution in [1.29, 1.82) is 0 Å². The smallest absolute Gasteiger partial charge is 0.257 e. The summed E-state index contributed by atoms with van der Waals surface area (Å²) in [7, 11) is 0. The number of hydrogen-bond acceptors (Lipinski definition) is 4. The first-order chi connectivity index (χ1) is 12.5. The summed E-state index contributed by atoms with van der Waals surface area (Å²) in [6.45, 7) is 1.78. The fourth-order valence-corrected chi connectivity index (χ4v) is 2.53. The molecule has 0 radical (unpaired) electrons. The molecule has 1 amide bonds. The summed E-state index contributed by atoms with van der Waals surface area (Å²) in [4.78, 5) is 16.4. The molecule has 7 heteroatoms. The first-order valence-electron chi connectivity index (χ1n) is 8.14. The van der Waals surface area contributed by atoms with Gasteiger partial charge in [0.05, 0.1) is 6.04 Å². The number of carbonyl (C=O) groups is 1. The van der Waals surface area contributed by atoms with Crippen molar-refractivity contribution in [3.63, 3.8) is 0 Å². The summed E-state index contributed by atoms with van der Waals surface area (Å²) in [5.74, 6) is 0.328. The summed E-state index contributed by atoms with van der Waals surface area (Å²) in [5, 5.41) is 7.37. The lowest BCUT2D eigenvalue weighted by molar-refractivity contribution is -0.121. The predicted molar refractivity (Wildman–Crippen MR) is 96.0 cm³/mol. The van der Waals surface area contributed by atoms with E-state index in [-0.39, 0.29) is 24.2 Å². The van der Waals surface area contributed by atoms with E-state index in [0.29, 0.717) is 23.2 Å². The van der Waals surface area contributed by atoms with Crippen molar-refractivity contribution >= 4 is 17.5 Å². The summed E-state index contributed by atoms with van der Waals surface area (Å²) < 4.78 is 18.1. The van der Waals surface area contributed by atoms with E-state index in [1.165, 1.54) is 12.1 Å². The molecule has 0 aliphatic carbocycles. The van der Waals surface area contributed by atoms with Crippen LogP contribution in [0.4, 0.5) is 4.39 Å². The Labute approximate surface area is 155 Å². The number of rotatable bonds is 6. The normalized spacial score (nSPS) is 12.0. The number of carbonyl (C=O) groups excluding carboxylic acids is 1. The molecule has 0 aliphatic heterocycles. The van der Waals surface area contributed by atoms with Gasteiger partial charge in [-0.1, -0.05) is 28.9 Å². The van der Waals surface area contributed by atoms with Gasteiger partial charge in [-0.3, -0.25) is 4.79 Å². The maximum atomic E-state index is 12.9. The van der Waals surface area contributed by atoms with Crippen LogP contribution in [0.5, 0.6) is 0 Å². The monoisotopic (exact) mass is 373 g/mol. The van der Waals surface area contributed by atoms with Gasteiger partial charge in [0.2, 0.25) is 5.91 Å². The van der Waals surface area contributed by atoms with Crippen LogP contribution >= 0.6 is 11.6 Å². The van der Waals surface area contributed by atoms with E-state index >= 15 is 0 Å². The number of halogens is 2. The third-order valence-corrected chi connectivity index (χ3v) is 4.10. The van der Waals surface area contributed by atoms with Crippen molar-refractivity contribution in [2.75, 3.05) is 0 Å². The Bertz CT molecular complexity index is 879. The molecule has 1 aromatic heterocycles. The van der Waals surface area contributed by atoms with Gasteiger partial charge in [0.1, 0.15) is 5.82 Å². The van der Waals surface area contributed by atoms with Crippen molar-refractivity contribution in [2.45, 2.75) is 25.8 Å². The molecule has 1 atom stereocenters. The average molecular weight is 374 g/mol. The molecule has 0 saturated carbocycles. The van der Waals surface area contributed by atoms with Gasteiger partial charge in [-0.05, 0) is 55.3 Å². The Balaban J connectivity index is 1.55. The highest BCUT2D eigenvalue weighted by molar-refractivity contribution is 6.30. The quantitative estimate of drug-likeness (QED) is 0.698. The molecule has 5 nitrogen and oxygen atoms in total. The van der Waals surface area contributed by atoms with Crippen LogP contribution in [0.25, 0.3) is 11.5 Å². The van der Waals surface area contributed by atoms with E-state index in [4.69, 9.17) is 16.1 Å². The maximum absolute atomic E-state index is 12.9. The van der Waals surface area contributed by atoms with Gasteiger partial charge in [-0.15, -0.1) is 0 Å². The number of aromatic nitrogens is 2. The summed E-state index contributed by atoms with van der Waals surface area (Å²) in [6, 6.07) is 12.8. The lowest BCUT2D eigenvalue weighted by atomic mass is 10.1. The number of hydrogen-bond donors (Lipinski definition) is 1. The van der Waals surface area contributed by atoms with Crippen LogP contribution in [0.15, 0.2) is 53.1 Å². The molecular weight excluding hydrogens is 357 g/mol. The van der Waals surface area contributed by atoms with Crippen molar-refractivity contribution in [3.8, 4) is 11.5 Å². The largest absolute Gasteiger partial charge is 0.346 e. The van der Waals surface area contributed by atoms with E-state index in [1.54, 1.807) is 43.3 Å². The lowest BCUT2D eigenvalue weighted by Gasteiger charge is -2.09. The molecule has 3 rings (SSSR count). The molecule has 0 spiro atoms. The zero-order chi connectivity index (χ0) is 18.5. The highest BCUT2D eigenvalue weighted by atomic mass is 35.5. The van der Waals surface area contributed by atoms with Crippen LogP contribution in [0.3, 0.4) is 0 Å². The average Bonchev–Trinajstić information content (AvgIpc) is 3.12. The number of nitrogens with one attached hydrogen (secondary N) is 1. The molecule has 1 heterocycles. The van der Waals surface area contributed by atoms with Gasteiger partial charge in [-0.2, -0.15) is 4.98 Å². The second-order valence-corrected chi connectivity index (χ2v) is 6.32. The Morgan fingerprint density at radius 1 is 1.19 bits per heavy atom. The minimum atomic E-state index is -0.388. The van der Waals surface area contributed by atoms with E-state index in [0.717, 1.165) is 11.1 Å². The minimum Gasteiger partial charge on any atom is -0.346 e. The van der Waals surface area contributed by atoms with Crippen molar-refractivity contribution < 1.29 is 13.7 Å². The fraction of sp³-hybridized carbons (Fsp3) is 0.211. The first-order valence-corrected chi connectivity index (χ1v) is 8.52. The van der Waals surface area contributed by atoms with Crippen LogP contribution in [-0.4, -0.2) is 16.0 Å². The SMILES string of the molecule is C[C@H](NC(=O)CCc1ccc(F)cc1)c1noc(-c2ccc(Cl)cc2)n1. The maximum Gasteiger partial charge on any atom is 0.257 e. The van der Waals surface area contributed by atoms with Gasteiger partial charge < -0.3 is 9.84 Å². The van der Waals surface area contributed by atoms with Gasteiger partial charge in [0, 0.05) is 17.0 Å². The Kier molecular flexibility index (Phi) is 5.63. The van der Waals surface area contributed by atoms with Crippen LogP contribution in [-0.2, 0) is 11.2 Å². The number of amides is 1. The van der Waals surface area contributed by atoms with Crippen LogP contribution < -0.4 is 5.32 Å². The van der Waals surface area contributed by atoms with Gasteiger partial charge >= 0.3 is 0 Å². The third kappa shape index (κ3) is 4.67. The summed E-state index contributed by atoms with van der Waals surface area (Å²) in [6.07, 6.45) is 0.818. The molecule has 2 aromatic carbocycles. The van der Waals surface area contributed by atoms with Crippen molar-refractivity contribution in [3.05, 3.63) is 70.8 Å². The van der Waals surface area contributed by atoms with Crippen LogP contribution in [0, 0.1) is 5.82 Å². The zero-order valence-corrected chi connectivity index (χ0v) is 14.8. The molecular formula is C19H17ClFN3O2. The molecule has 134 valence electrons. The number of nitrogens with zero attached hydrogens (tertiary/aromatic N) is 2. The van der Waals surface area contributed by atoms with Gasteiger partial charge in [0.25, 0.3) is 5.89 Å². The van der Waals surface area contributed by atoms with E-state index in [1.807, 2.05) is 0 Å². The fourth-order valence-electron chi connectivity index (χ4n) is 2.41. The Hall–Kier alpha value is -2.73. The molecule has 26 heavy (non-hydrogen) atoms. The summed E-state index contributed by atoms with van der Waals surface area (Å²) >= 11 is 5.86. The molecule has 0 fully saturated rings. The molecule has 3 aromatic rings. The second kappa shape index (κ2) is 8.10. The molecule has 0 bridgehead atoms. The molecule has 1 N–H and O–H groups in total. The zero-order valence-electron chi connectivity index (χ0n) is 14.1. The standard InChI is InChI=1S/C19H17ClFN3O2/c1-12(22-17(25)11-4-13-2-9-16(21)10-3-13)18-23-19(26-24-18)14-5-7-15(20)8-6-14/h2-3,5-10,12H,4,11H2,1H3,(H,22,25)/t12-/m0/s1.